The second-order valence-corrected chi connectivity index (χ2v) is 6.04. The molecule has 0 radical (unpaired) electrons. The van der Waals surface area contributed by atoms with Crippen molar-refractivity contribution in [1.82, 2.24) is 4.98 Å². The van der Waals surface area contributed by atoms with E-state index in [4.69, 9.17) is 0 Å². The maximum absolute atomic E-state index is 12.2. The average Bonchev–Trinajstić information content (AvgIpc) is 2.85. The standard InChI is InChI=1S/C16H21N3OS/c1-4-10-17-13-8-6-12(7-9-13)15(20)19-16-18-14(5-2)11(3)21-16/h6-9,17H,4-5,10H2,1-3H3,(H,18,19,20). The number of thiazole rings is 1. The van der Waals surface area contributed by atoms with Crippen LogP contribution in [0.4, 0.5) is 10.8 Å². The Bertz CT molecular complexity index is 604. The Kier molecular flexibility index (Phi) is 5.33. The minimum absolute atomic E-state index is 0.117. The van der Waals surface area contributed by atoms with E-state index in [0.717, 1.165) is 35.6 Å². The molecule has 0 saturated carbocycles. The Morgan fingerprint density at radius 3 is 2.52 bits per heavy atom. The van der Waals surface area contributed by atoms with Gasteiger partial charge in [0.1, 0.15) is 0 Å². The Balaban J connectivity index is 2.02. The van der Waals surface area contributed by atoms with Gasteiger partial charge in [-0.1, -0.05) is 13.8 Å². The van der Waals surface area contributed by atoms with E-state index < -0.39 is 0 Å². The number of aromatic nitrogens is 1. The summed E-state index contributed by atoms with van der Waals surface area (Å²) < 4.78 is 0. The molecular weight excluding hydrogens is 282 g/mol. The molecular formula is C16H21N3OS. The molecule has 0 aliphatic carbocycles. The third kappa shape index (κ3) is 4.04. The van der Waals surface area contributed by atoms with Crippen LogP contribution < -0.4 is 10.6 Å². The quantitative estimate of drug-likeness (QED) is 0.845. The topological polar surface area (TPSA) is 54.0 Å². The predicted octanol–water partition coefficient (Wildman–Crippen LogP) is 4.09. The lowest BCUT2D eigenvalue weighted by Crippen LogP contribution is -2.11. The van der Waals surface area contributed by atoms with Gasteiger partial charge in [0.2, 0.25) is 0 Å². The molecule has 21 heavy (non-hydrogen) atoms. The predicted molar refractivity (Wildman–Crippen MR) is 89.4 cm³/mol. The Morgan fingerprint density at radius 2 is 1.95 bits per heavy atom. The van der Waals surface area contributed by atoms with Crippen LogP contribution in [0.3, 0.4) is 0 Å². The molecule has 2 rings (SSSR count). The van der Waals surface area contributed by atoms with Gasteiger partial charge >= 0.3 is 0 Å². The van der Waals surface area contributed by atoms with E-state index in [0.29, 0.717) is 10.7 Å². The monoisotopic (exact) mass is 303 g/mol. The van der Waals surface area contributed by atoms with E-state index in [2.05, 4.69) is 29.5 Å². The van der Waals surface area contributed by atoms with Crippen molar-refractivity contribution in [3.63, 3.8) is 0 Å². The number of anilines is 2. The number of nitrogens with zero attached hydrogens (tertiary/aromatic N) is 1. The normalized spacial score (nSPS) is 10.4. The zero-order chi connectivity index (χ0) is 15.2. The number of rotatable bonds is 6. The second-order valence-electron chi connectivity index (χ2n) is 4.83. The van der Waals surface area contributed by atoms with E-state index >= 15 is 0 Å². The van der Waals surface area contributed by atoms with E-state index in [1.54, 1.807) is 0 Å². The third-order valence-electron chi connectivity index (χ3n) is 3.17. The van der Waals surface area contributed by atoms with Crippen LogP contribution in [0.5, 0.6) is 0 Å². The summed E-state index contributed by atoms with van der Waals surface area (Å²) in [7, 11) is 0. The maximum atomic E-state index is 12.2. The fourth-order valence-corrected chi connectivity index (χ4v) is 2.88. The SMILES string of the molecule is CCCNc1ccc(C(=O)Nc2nc(CC)c(C)s2)cc1. The van der Waals surface area contributed by atoms with Crippen LogP contribution in [0.1, 0.15) is 41.2 Å². The summed E-state index contributed by atoms with van der Waals surface area (Å²) in [6.45, 7) is 7.15. The smallest absolute Gasteiger partial charge is 0.257 e. The number of amides is 1. The Morgan fingerprint density at radius 1 is 1.24 bits per heavy atom. The van der Waals surface area contributed by atoms with Crippen LogP contribution >= 0.6 is 11.3 Å². The summed E-state index contributed by atoms with van der Waals surface area (Å²) >= 11 is 1.52. The highest BCUT2D eigenvalue weighted by molar-refractivity contribution is 7.15. The summed E-state index contributed by atoms with van der Waals surface area (Å²) in [5, 5.41) is 6.82. The highest BCUT2D eigenvalue weighted by Gasteiger charge is 2.10. The molecule has 0 aliphatic heterocycles. The summed E-state index contributed by atoms with van der Waals surface area (Å²) in [6, 6.07) is 7.51. The fraction of sp³-hybridized carbons (Fsp3) is 0.375. The molecule has 0 aliphatic rings. The molecule has 4 nitrogen and oxygen atoms in total. The van der Waals surface area contributed by atoms with Crippen LogP contribution in [0.15, 0.2) is 24.3 Å². The van der Waals surface area contributed by atoms with Crippen molar-refractivity contribution in [2.75, 3.05) is 17.2 Å². The fourth-order valence-electron chi connectivity index (χ4n) is 1.99. The number of aryl methyl sites for hydroxylation is 2. The number of carbonyl (C=O) groups is 1. The van der Waals surface area contributed by atoms with Gasteiger partial charge in [-0.05, 0) is 44.0 Å². The molecule has 2 N–H and O–H groups in total. The van der Waals surface area contributed by atoms with Gasteiger partial charge in [0.05, 0.1) is 5.69 Å². The summed E-state index contributed by atoms with van der Waals surface area (Å²) in [5.41, 5.74) is 2.73. The molecule has 0 spiro atoms. The molecule has 0 atom stereocenters. The zero-order valence-electron chi connectivity index (χ0n) is 12.7. The number of hydrogen-bond donors (Lipinski definition) is 2. The van der Waals surface area contributed by atoms with E-state index in [9.17, 15) is 4.79 Å². The maximum Gasteiger partial charge on any atom is 0.257 e. The van der Waals surface area contributed by atoms with Crippen LogP contribution in [0.2, 0.25) is 0 Å². The van der Waals surface area contributed by atoms with E-state index in [-0.39, 0.29) is 5.91 Å². The van der Waals surface area contributed by atoms with Crippen molar-refractivity contribution >= 4 is 28.1 Å². The third-order valence-corrected chi connectivity index (χ3v) is 4.10. The van der Waals surface area contributed by atoms with Crippen LogP contribution in [0, 0.1) is 6.92 Å². The van der Waals surface area contributed by atoms with Crippen molar-refractivity contribution in [3.8, 4) is 0 Å². The summed E-state index contributed by atoms with van der Waals surface area (Å²) in [4.78, 5) is 17.8. The van der Waals surface area contributed by atoms with Gasteiger partial charge in [-0.15, -0.1) is 11.3 Å². The molecule has 1 heterocycles. The molecule has 112 valence electrons. The highest BCUT2D eigenvalue weighted by atomic mass is 32.1. The van der Waals surface area contributed by atoms with Gasteiger partial charge in [-0.25, -0.2) is 4.98 Å². The second kappa shape index (κ2) is 7.22. The molecule has 0 bridgehead atoms. The largest absolute Gasteiger partial charge is 0.385 e. The lowest BCUT2D eigenvalue weighted by molar-refractivity contribution is 0.102. The van der Waals surface area contributed by atoms with Gasteiger partial charge in [0.25, 0.3) is 5.91 Å². The highest BCUT2D eigenvalue weighted by Crippen LogP contribution is 2.23. The van der Waals surface area contributed by atoms with E-state index in [1.165, 1.54) is 11.3 Å². The molecule has 2 aromatic rings. The van der Waals surface area contributed by atoms with Gasteiger partial charge in [0.15, 0.2) is 5.13 Å². The first-order valence-electron chi connectivity index (χ1n) is 7.25. The van der Waals surface area contributed by atoms with Gasteiger partial charge in [0, 0.05) is 22.7 Å². The van der Waals surface area contributed by atoms with Crippen LogP contribution in [-0.2, 0) is 6.42 Å². The van der Waals surface area contributed by atoms with Gasteiger partial charge < -0.3 is 5.32 Å². The minimum atomic E-state index is -0.117. The Labute approximate surface area is 129 Å². The molecule has 0 unspecified atom stereocenters. The summed E-state index contributed by atoms with van der Waals surface area (Å²) in [5.74, 6) is -0.117. The molecule has 1 aromatic carbocycles. The number of nitrogens with one attached hydrogen (secondary N) is 2. The van der Waals surface area contributed by atoms with Crippen molar-refractivity contribution in [1.29, 1.82) is 0 Å². The van der Waals surface area contributed by atoms with Crippen molar-refractivity contribution < 1.29 is 4.79 Å². The van der Waals surface area contributed by atoms with Crippen molar-refractivity contribution in [2.24, 2.45) is 0 Å². The molecule has 0 fully saturated rings. The van der Waals surface area contributed by atoms with Crippen LogP contribution in [-0.4, -0.2) is 17.4 Å². The lowest BCUT2D eigenvalue weighted by Gasteiger charge is -2.06. The van der Waals surface area contributed by atoms with E-state index in [1.807, 2.05) is 31.2 Å². The molecule has 0 saturated heterocycles. The van der Waals surface area contributed by atoms with Crippen molar-refractivity contribution in [2.45, 2.75) is 33.6 Å². The van der Waals surface area contributed by atoms with Gasteiger partial charge in [-0.2, -0.15) is 0 Å². The summed E-state index contributed by atoms with van der Waals surface area (Å²) in [6.07, 6.45) is 1.96. The first-order valence-corrected chi connectivity index (χ1v) is 8.07. The number of hydrogen-bond acceptors (Lipinski definition) is 4. The average molecular weight is 303 g/mol. The minimum Gasteiger partial charge on any atom is -0.385 e. The zero-order valence-corrected chi connectivity index (χ0v) is 13.5. The Hall–Kier alpha value is -1.88. The van der Waals surface area contributed by atoms with Crippen molar-refractivity contribution in [3.05, 3.63) is 40.4 Å². The van der Waals surface area contributed by atoms with Crippen LogP contribution in [0.25, 0.3) is 0 Å². The first kappa shape index (κ1) is 15.5. The first-order chi connectivity index (χ1) is 10.1. The number of benzene rings is 1. The van der Waals surface area contributed by atoms with Gasteiger partial charge in [-0.3, -0.25) is 10.1 Å². The molecule has 1 aromatic heterocycles. The molecule has 5 heteroatoms. The molecule has 1 amide bonds. The number of carbonyl (C=O) groups excluding carboxylic acids is 1. The lowest BCUT2D eigenvalue weighted by atomic mass is 10.2.